The number of hydrogen-bond acceptors (Lipinski definition) is 11. The molecule has 272 valence electrons. The SMILES string of the molecule is CCCCCCCC1=N[C@@H]2[C@@H](O[C@H](C)C(=O)N[C@@H](C)C(=O)N[C@H](CCC(=O)O)C(=O)O)[C@@H]3O[C@H](Cc4ccc(OC)cc4)OC[C@H]3O[C@@H]2S1. The Kier molecular flexibility index (Phi) is 14.7. The zero-order chi connectivity index (χ0) is 35.5. The van der Waals surface area contributed by atoms with Gasteiger partial charge in [0.15, 0.2) is 6.29 Å². The summed E-state index contributed by atoms with van der Waals surface area (Å²) in [6.07, 6.45) is 2.93. The highest BCUT2D eigenvalue weighted by Crippen LogP contribution is 2.42. The van der Waals surface area contributed by atoms with E-state index in [1.807, 2.05) is 24.3 Å². The number of nitrogens with one attached hydrogen (secondary N) is 2. The number of unbranched alkanes of at least 4 members (excludes halogenated alkanes) is 4. The van der Waals surface area contributed by atoms with Crippen LogP contribution in [0.3, 0.4) is 0 Å². The van der Waals surface area contributed by atoms with Crippen LogP contribution in [0.1, 0.15) is 77.7 Å². The number of methoxy groups -OCH3 is 1. The molecule has 9 atom stereocenters. The fourth-order valence-corrected chi connectivity index (χ4v) is 7.17. The fraction of sp³-hybridized carbons (Fsp3) is 0.676. The van der Waals surface area contributed by atoms with E-state index in [0.717, 1.165) is 35.6 Å². The number of carbonyl (C=O) groups is 4. The number of carboxylic acid groups (broad SMARTS) is 2. The largest absolute Gasteiger partial charge is 0.497 e. The van der Waals surface area contributed by atoms with Crippen LogP contribution in [0.15, 0.2) is 29.3 Å². The highest BCUT2D eigenvalue weighted by Gasteiger charge is 2.53. The molecule has 2 fully saturated rings. The molecule has 0 spiro atoms. The fourth-order valence-electron chi connectivity index (χ4n) is 5.91. The predicted molar refractivity (Wildman–Crippen MR) is 181 cm³/mol. The number of benzene rings is 1. The van der Waals surface area contributed by atoms with Crippen LogP contribution in [0.2, 0.25) is 0 Å². The van der Waals surface area contributed by atoms with Crippen molar-refractivity contribution in [1.82, 2.24) is 10.6 Å². The number of hydrogen-bond donors (Lipinski definition) is 4. The van der Waals surface area contributed by atoms with Crippen molar-refractivity contribution in [3.05, 3.63) is 29.8 Å². The molecule has 4 N–H and O–H groups in total. The molecule has 0 unspecified atom stereocenters. The number of aliphatic imine (C=N–C) groups is 1. The van der Waals surface area contributed by atoms with Gasteiger partial charge in [0.1, 0.15) is 53.7 Å². The molecular formula is C34H49N3O11S. The van der Waals surface area contributed by atoms with Gasteiger partial charge >= 0.3 is 11.9 Å². The average molecular weight is 708 g/mol. The summed E-state index contributed by atoms with van der Waals surface area (Å²) in [5, 5.41) is 24.1. The number of fused-ring (bicyclic) bond motifs is 2. The Bertz CT molecular complexity index is 1310. The van der Waals surface area contributed by atoms with Gasteiger partial charge in [-0.15, -0.1) is 0 Å². The Morgan fingerprint density at radius 3 is 2.43 bits per heavy atom. The van der Waals surface area contributed by atoms with E-state index < -0.39 is 79.0 Å². The molecule has 0 saturated carbocycles. The molecule has 3 heterocycles. The second-order valence-electron chi connectivity index (χ2n) is 12.6. The van der Waals surface area contributed by atoms with Crippen LogP contribution in [0.25, 0.3) is 0 Å². The lowest BCUT2D eigenvalue weighted by molar-refractivity contribution is -0.307. The first-order valence-corrected chi connectivity index (χ1v) is 17.9. The van der Waals surface area contributed by atoms with Gasteiger partial charge in [0, 0.05) is 12.8 Å². The second-order valence-corrected chi connectivity index (χ2v) is 13.7. The number of ether oxygens (including phenoxy) is 5. The summed E-state index contributed by atoms with van der Waals surface area (Å²) >= 11 is 1.58. The summed E-state index contributed by atoms with van der Waals surface area (Å²) in [6.45, 7) is 5.43. The maximum Gasteiger partial charge on any atom is 0.326 e. The van der Waals surface area contributed by atoms with Crippen LogP contribution >= 0.6 is 11.8 Å². The van der Waals surface area contributed by atoms with Crippen molar-refractivity contribution in [2.75, 3.05) is 13.7 Å². The van der Waals surface area contributed by atoms with Crippen molar-refractivity contribution in [3.63, 3.8) is 0 Å². The molecule has 0 aliphatic carbocycles. The maximum absolute atomic E-state index is 13.3. The standard InChI is InChI=1S/C34H49N3O11S/c1-5-6-7-8-9-10-25-37-28-30(46-20(3)32(41)35-19(2)31(40)36-23(33(42)43)15-16-26(38)39)29-24(47-34(28)49-25)18-45-27(48-29)17-21-11-13-22(44-4)14-12-21/h11-14,19-20,23-24,27-30,34H,5-10,15-18H2,1-4H3,(H,35,41)(H,36,40)(H,38,39)(H,42,43)/t19-,20+,23+,24+,27+,28+,29+,30+,34+/m0/s1. The van der Waals surface area contributed by atoms with Crippen molar-refractivity contribution < 1.29 is 53.1 Å². The maximum atomic E-state index is 13.3. The number of thioether (sulfide) groups is 1. The van der Waals surface area contributed by atoms with Crippen molar-refractivity contribution in [2.45, 2.75) is 133 Å². The molecule has 2 saturated heterocycles. The third-order valence-electron chi connectivity index (χ3n) is 8.71. The Morgan fingerprint density at radius 1 is 1.02 bits per heavy atom. The third kappa shape index (κ3) is 11.1. The van der Waals surface area contributed by atoms with E-state index >= 15 is 0 Å². The van der Waals surface area contributed by atoms with Gasteiger partial charge in [0.05, 0.1) is 18.8 Å². The van der Waals surface area contributed by atoms with E-state index in [0.29, 0.717) is 6.42 Å². The molecule has 3 aliphatic rings. The summed E-state index contributed by atoms with van der Waals surface area (Å²) in [4.78, 5) is 53.5. The normalized spacial score (nSPS) is 26.3. The lowest BCUT2D eigenvalue weighted by Gasteiger charge is -2.47. The lowest BCUT2D eigenvalue weighted by atomic mass is 9.96. The average Bonchev–Trinajstić information content (AvgIpc) is 3.49. The van der Waals surface area contributed by atoms with Crippen molar-refractivity contribution in [1.29, 1.82) is 0 Å². The first-order valence-electron chi connectivity index (χ1n) is 17.0. The molecule has 0 radical (unpaired) electrons. The number of carboxylic acids is 2. The quantitative estimate of drug-likeness (QED) is 0.154. The number of nitrogens with zero attached hydrogens (tertiary/aromatic N) is 1. The summed E-state index contributed by atoms with van der Waals surface area (Å²) in [7, 11) is 1.61. The first-order chi connectivity index (χ1) is 23.5. The molecule has 14 nitrogen and oxygen atoms in total. The van der Waals surface area contributed by atoms with Crippen LogP contribution in [0, 0.1) is 0 Å². The number of amides is 2. The zero-order valence-electron chi connectivity index (χ0n) is 28.5. The highest BCUT2D eigenvalue weighted by atomic mass is 32.2. The van der Waals surface area contributed by atoms with Gasteiger partial charge in [-0.25, -0.2) is 4.79 Å². The van der Waals surface area contributed by atoms with Crippen LogP contribution in [-0.4, -0.2) is 107 Å². The van der Waals surface area contributed by atoms with Crippen molar-refractivity contribution in [2.24, 2.45) is 4.99 Å². The van der Waals surface area contributed by atoms with Crippen molar-refractivity contribution in [3.8, 4) is 5.75 Å². The molecule has 1 aromatic carbocycles. The smallest absolute Gasteiger partial charge is 0.326 e. The van der Waals surface area contributed by atoms with Crippen LogP contribution in [-0.2, 0) is 44.5 Å². The number of rotatable bonds is 19. The zero-order valence-corrected chi connectivity index (χ0v) is 29.3. The molecule has 3 aliphatic heterocycles. The van der Waals surface area contributed by atoms with Gasteiger partial charge in [-0.05, 0) is 50.8 Å². The molecule has 15 heteroatoms. The van der Waals surface area contributed by atoms with E-state index in [1.165, 1.54) is 26.2 Å². The van der Waals surface area contributed by atoms with Crippen LogP contribution in [0.5, 0.6) is 5.75 Å². The Hall–Kier alpha value is -3.24. The minimum atomic E-state index is -1.41. The predicted octanol–water partition coefficient (Wildman–Crippen LogP) is 3.29. The van der Waals surface area contributed by atoms with Crippen LogP contribution < -0.4 is 15.4 Å². The van der Waals surface area contributed by atoms with Gasteiger partial charge in [0.25, 0.3) is 0 Å². The van der Waals surface area contributed by atoms with Gasteiger partial charge in [-0.2, -0.15) is 0 Å². The molecule has 0 bridgehead atoms. The van der Waals surface area contributed by atoms with Gasteiger partial charge in [-0.3, -0.25) is 19.4 Å². The lowest BCUT2D eigenvalue weighted by Crippen LogP contribution is -2.63. The highest BCUT2D eigenvalue weighted by molar-refractivity contribution is 8.14. The molecule has 4 rings (SSSR count). The van der Waals surface area contributed by atoms with Gasteiger partial charge < -0.3 is 44.5 Å². The Balaban J connectivity index is 1.44. The molecule has 49 heavy (non-hydrogen) atoms. The molecule has 0 aromatic heterocycles. The van der Waals surface area contributed by atoms with E-state index in [9.17, 15) is 24.3 Å². The van der Waals surface area contributed by atoms with Crippen LogP contribution in [0.4, 0.5) is 0 Å². The molecule has 1 aromatic rings. The number of aliphatic carboxylic acids is 2. The summed E-state index contributed by atoms with van der Waals surface area (Å²) < 4.78 is 30.7. The summed E-state index contributed by atoms with van der Waals surface area (Å²) in [5.41, 5.74) is 0.658. The van der Waals surface area contributed by atoms with E-state index in [2.05, 4.69) is 17.6 Å². The van der Waals surface area contributed by atoms with Gasteiger partial charge in [-0.1, -0.05) is 56.5 Å². The third-order valence-corrected chi connectivity index (χ3v) is 9.92. The van der Waals surface area contributed by atoms with E-state index in [-0.39, 0.29) is 18.5 Å². The molecule has 2 amide bonds. The first kappa shape index (κ1) is 38.6. The summed E-state index contributed by atoms with van der Waals surface area (Å²) in [5.74, 6) is -3.17. The Labute approximate surface area is 291 Å². The topological polar surface area (TPSA) is 191 Å². The molecular weight excluding hydrogens is 658 g/mol. The minimum Gasteiger partial charge on any atom is -0.497 e. The minimum absolute atomic E-state index is 0.270. The monoisotopic (exact) mass is 707 g/mol. The summed E-state index contributed by atoms with van der Waals surface area (Å²) in [6, 6.07) is 4.66. The van der Waals surface area contributed by atoms with E-state index in [4.69, 9.17) is 33.8 Å². The second kappa shape index (κ2) is 18.7. The van der Waals surface area contributed by atoms with Gasteiger partial charge in [0.2, 0.25) is 11.8 Å². The van der Waals surface area contributed by atoms with Crippen molar-refractivity contribution >= 4 is 40.6 Å². The number of carbonyl (C=O) groups excluding carboxylic acids is 2. The Morgan fingerprint density at radius 2 is 1.76 bits per heavy atom. The van der Waals surface area contributed by atoms with E-state index in [1.54, 1.807) is 25.8 Å².